The van der Waals surface area contributed by atoms with Crippen LogP contribution in [0.3, 0.4) is 0 Å². The van der Waals surface area contributed by atoms with Gasteiger partial charge in [0.25, 0.3) is 5.89 Å². The highest BCUT2D eigenvalue weighted by molar-refractivity contribution is 7.99. The minimum absolute atomic E-state index is 0.0520. The molecule has 1 aliphatic carbocycles. The number of nitrogens with zero attached hydrogens (tertiary/aromatic N) is 2. The zero-order valence-electron chi connectivity index (χ0n) is 10.9. The number of hydrogen-bond acceptors (Lipinski definition) is 5. The molecule has 106 valence electrons. The lowest BCUT2D eigenvalue weighted by Crippen LogP contribution is -1.95. The van der Waals surface area contributed by atoms with Gasteiger partial charge in [0.15, 0.2) is 5.82 Å². The Morgan fingerprint density at radius 1 is 1.35 bits per heavy atom. The summed E-state index contributed by atoms with van der Waals surface area (Å²) in [4.78, 5) is 4.33. The molecule has 1 aromatic carbocycles. The molecule has 1 saturated carbocycles. The normalized spacial score (nSPS) is 15.8. The van der Waals surface area contributed by atoms with E-state index in [1.807, 2.05) is 11.8 Å². The van der Waals surface area contributed by atoms with Crippen molar-refractivity contribution in [3.63, 3.8) is 0 Å². The van der Waals surface area contributed by atoms with Crippen molar-refractivity contribution in [2.75, 3.05) is 0 Å². The fraction of sp³-hybridized carbons (Fsp3) is 0.429. The van der Waals surface area contributed by atoms with E-state index < -0.39 is 0 Å². The second kappa shape index (κ2) is 6.06. The Balaban J connectivity index is 1.69. The lowest BCUT2D eigenvalue weighted by Gasteiger charge is -2.04. The highest BCUT2D eigenvalue weighted by Crippen LogP contribution is 2.33. The van der Waals surface area contributed by atoms with Crippen LogP contribution >= 0.6 is 23.4 Å². The third-order valence-electron chi connectivity index (χ3n) is 3.41. The molecule has 0 radical (unpaired) electrons. The second-order valence-electron chi connectivity index (χ2n) is 4.89. The number of rotatable bonds is 4. The lowest BCUT2D eigenvalue weighted by molar-refractivity contribution is 0.419. The van der Waals surface area contributed by atoms with E-state index in [0.717, 1.165) is 11.0 Å². The number of halogens is 1. The molecular formula is C14H15ClN2O2S. The minimum Gasteiger partial charge on any atom is -0.507 e. The Kier molecular flexibility index (Phi) is 4.17. The zero-order valence-corrected chi connectivity index (χ0v) is 12.5. The molecule has 0 spiro atoms. The summed E-state index contributed by atoms with van der Waals surface area (Å²) in [6.45, 7) is 0. The van der Waals surface area contributed by atoms with Crippen LogP contribution < -0.4 is 0 Å². The van der Waals surface area contributed by atoms with E-state index in [2.05, 4.69) is 10.1 Å². The van der Waals surface area contributed by atoms with E-state index in [1.165, 1.54) is 31.7 Å². The molecule has 0 atom stereocenters. The molecule has 0 aliphatic heterocycles. The summed E-state index contributed by atoms with van der Waals surface area (Å²) in [5.74, 6) is 1.81. The molecule has 0 unspecified atom stereocenters. The average Bonchev–Trinajstić information content (AvgIpc) is 3.07. The molecule has 1 aromatic heterocycles. The molecule has 0 bridgehead atoms. The van der Waals surface area contributed by atoms with Gasteiger partial charge in [-0.15, -0.1) is 0 Å². The van der Waals surface area contributed by atoms with Gasteiger partial charge in [-0.25, -0.2) is 0 Å². The van der Waals surface area contributed by atoms with E-state index in [1.54, 1.807) is 12.1 Å². The van der Waals surface area contributed by atoms with Crippen LogP contribution in [0.1, 0.15) is 31.5 Å². The smallest absolute Gasteiger partial charge is 0.261 e. The van der Waals surface area contributed by atoms with E-state index >= 15 is 0 Å². The van der Waals surface area contributed by atoms with Crippen molar-refractivity contribution in [1.29, 1.82) is 0 Å². The first kappa shape index (κ1) is 13.8. The van der Waals surface area contributed by atoms with Gasteiger partial charge in [0, 0.05) is 10.3 Å². The summed E-state index contributed by atoms with van der Waals surface area (Å²) in [7, 11) is 0. The van der Waals surface area contributed by atoms with Gasteiger partial charge in [0.1, 0.15) is 5.75 Å². The van der Waals surface area contributed by atoms with Crippen LogP contribution in [0.5, 0.6) is 5.75 Å². The fourth-order valence-corrected chi connectivity index (χ4v) is 3.69. The number of phenols is 1. The van der Waals surface area contributed by atoms with Gasteiger partial charge < -0.3 is 9.63 Å². The highest BCUT2D eigenvalue weighted by atomic mass is 35.5. The molecule has 1 aliphatic rings. The zero-order chi connectivity index (χ0) is 13.9. The monoisotopic (exact) mass is 310 g/mol. The largest absolute Gasteiger partial charge is 0.507 e. The summed E-state index contributed by atoms with van der Waals surface area (Å²) in [6.07, 6.45) is 5.22. The maximum absolute atomic E-state index is 9.84. The SMILES string of the molecule is Oc1cc(Cl)ccc1-c1nc(CSC2CCCC2)no1. The van der Waals surface area contributed by atoms with Crippen molar-refractivity contribution in [1.82, 2.24) is 10.1 Å². The van der Waals surface area contributed by atoms with Crippen molar-refractivity contribution in [3.8, 4) is 17.2 Å². The molecule has 20 heavy (non-hydrogen) atoms. The van der Waals surface area contributed by atoms with Crippen molar-refractivity contribution in [2.24, 2.45) is 0 Å². The fourth-order valence-electron chi connectivity index (χ4n) is 2.36. The van der Waals surface area contributed by atoms with Crippen LogP contribution in [0.15, 0.2) is 22.7 Å². The summed E-state index contributed by atoms with van der Waals surface area (Å²) in [5.41, 5.74) is 0.513. The quantitative estimate of drug-likeness (QED) is 0.913. The Hall–Kier alpha value is -1.20. The van der Waals surface area contributed by atoms with Crippen LogP contribution in [0, 0.1) is 0 Å². The predicted molar refractivity (Wildman–Crippen MR) is 80.0 cm³/mol. The highest BCUT2D eigenvalue weighted by Gasteiger charge is 2.18. The van der Waals surface area contributed by atoms with Gasteiger partial charge in [-0.2, -0.15) is 16.7 Å². The van der Waals surface area contributed by atoms with Gasteiger partial charge in [-0.1, -0.05) is 29.6 Å². The van der Waals surface area contributed by atoms with Gasteiger partial charge >= 0.3 is 0 Å². The van der Waals surface area contributed by atoms with Crippen LogP contribution in [0.4, 0.5) is 0 Å². The van der Waals surface area contributed by atoms with Crippen molar-refractivity contribution in [2.45, 2.75) is 36.7 Å². The molecule has 0 saturated heterocycles. The van der Waals surface area contributed by atoms with E-state index in [4.69, 9.17) is 16.1 Å². The topological polar surface area (TPSA) is 59.2 Å². The maximum Gasteiger partial charge on any atom is 0.261 e. The molecule has 0 amide bonds. The van der Waals surface area contributed by atoms with Gasteiger partial charge in [0.2, 0.25) is 0 Å². The van der Waals surface area contributed by atoms with Crippen molar-refractivity contribution < 1.29 is 9.63 Å². The molecule has 3 rings (SSSR count). The van der Waals surface area contributed by atoms with Crippen molar-refractivity contribution >= 4 is 23.4 Å². The van der Waals surface area contributed by atoms with Crippen LogP contribution in [-0.4, -0.2) is 20.5 Å². The maximum atomic E-state index is 9.84. The predicted octanol–water partition coefficient (Wildman–Crippen LogP) is 4.27. The van der Waals surface area contributed by atoms with Crippen LogP contribution in [0.2, 0.25) is 5.02 Å². The molecule has 1 heterocycles. The molecule has 1 fully saturated rings. The molecule has 1 N–H and O–H groups in total. The molecule has 2 aromatic rings. The molecular weight excluding hydrogens is 296 g/mol. The third-order valence-corrected chi connectivity index (χ3v) is 5.01. The first-order chi connectivity index (χ1) is 9.72. The van der Waals surface area contributed by atoms with Gasteiger partial charge in [-0.3, -0.25) is 0 Å². The van der Waals surface area contributed by atoms with E-state index in [9.17, 15) is 5.11 Å². The number of benzene rings is 1. The van der Waals surface area contributed by atoms with E-state index in [0.29, 0.717) is 22.3 Å². The number of hydrogen-bond donors (Lipinski definition) is 1. The number of aromatic nitrogens is 2. The van der Waals surface area contributed by atoms with Crippen LogP contribution in [0.25, 0.3) is 11.5 Å². The second-order valence-corrected chi connectivity index (χ2v) is 6.62. The summed E-state index contributed by atoms with van der Waals surface area (Å²) >= 11 is 7.69. The Morgan fingerprint density at radius 2 is 2.15 bits per heavy atom. The Morgan fingerprint density at radius 3 is 2.90 bits per heavy atom. The Bertz CT molecular complexity index is 597. The number of phenolic OH excluding ortho intramolecular Hbond substituents is 1. The average molecular weight is 311 g/mol. The first-order valence-electron chi connectivity index (χ1n) is 6.65. The minimum atomic E-state index is 0.0520. The summed E-state index contributed by atoms with van der Waals surface area (Å²) in [5, 5.41) is 15.0. The standard InChI is InChI=1S/C14H15ClN2O2S/c15-9-5-6-11(12(18)7-9)14-16-13(17-19-14)8-20-10-3-1-2-4-10/h5-7,10,18H,1-4,8H2. The van der Waals surface area contributed by atoms with Crippen molar-refractivity contribution in [3.05, 3.63) is 29.0 Å². The first-order valence-corrected chi connectivity index (χ1v) is 8.08. The van der Waals surface area contributed by atoms with Gasteiger partial charge in [0.05, 0.1) is 11.3 Å². The number of aromatic hydroxyl groups is 1. The Labute approximate surface area is 126 Å². The van der Waals surface area contributed by atoms with E-state index in [-0.39, 0.29) is 5.75 Å². The van der Waals surface area contributed by atoms with Crippen LogP contribution in [-0.2, 0) is 5.75 Å². The third kappa shape index (κ3) is 3.10. The van der Waals surface area contributed by atoms with Gasteiger partial charge in [-0.05, 0) is 31.0 Å². The molecule has 6 heteroatoms. The summed E-state index contributed by atoms with van der Waals surface area (Å²) < 4.78 is 5.21. The summed E-state index contributed by atoms with van der Waals surface area (Å²) in [6, 6.07) is 4.83. The number of thioether (sulfide) groups is 1. The molecule has 4 nitrogen and oxygen atoms in total. The lowest BCUT2D eigenvalue weighted by atomic mass is 10.2.